The number of benzene rings is 3. The Hall–Kier alpha value is -2.85. The summed E-state index contributed by atoms with van der Waals surface area (Å²) in [7, 11) is 1.73. The molecule has 0 saturated heterocycles. The Bertz CT molecular complexity index is 1100. The number of methoxy groups -OCH3 is 1. The number of thiocarbonyl (C=S) groups is 1. The molecule has 34 heavy (non-hydrogen) atoms. The largest absolute Gasteiger partial charge is 0.497 e. The summed E-state index contributed by atoms with van der Waals surface area (Å²) in [5, 5.41) is 7.81. The van der Waals surface area contributed by atoms with E-state index in [0.29, 0.717) is 5.92 Å². The third-order valence-corrected chi connectivity index (χ3v) is 7.11. The van der Waals surface area contributed by atoms with Gasteiger partial charge in [0.05, 0.1) is 7.11 Å². The highest BCUT2D eigenvalue weighted by atomic mass is 32.1. The molecule has 0 fully saturated rings. The van der Waals surface area contributed by atoms with Gasteiger partial charge in [-0.2, -0.15) is 0 Å². The van der Waals surface area contributed by atoms with E-state index in [2.05, 4.69) is 104 Å². The van der Waals surface area contributed by atoms with Gasteiger partial charge < -0.3 is 15.4 Å². The van der Waals surface area contributed by atoms with Gasteiger partial charge in [-0.15, -0.1) is 0 Å². The molecule has 1 aliphatic carbocycles. The second kappa shape index (κ2) is 10.6. The first-order valence-corrected chi connectivity index (χ1v) is 12.6. The first kappa shape index (κ1) is 24.3. The lowest BCUT2D eigenvalue weighted by molar-refractivity contribution is 0.406. The summed E-state index contributed by atoms with van der Waals surface area (Å²) in [5.74, 6) is 1.28. The highest BCUT2D eigenvalue weighted by Crippen LogP contribution is 2.36. The normalized spacial score (nSPS) is 17.5. The molecule has 4 rings (SSSR count). The van der Waals surface area contributed by atoms with Crippen LogP contribution in [0.2, 0.25) is 0 Å². The van der Waals surface area contributed by atoms with Crippen molar-refractivity contribution >= 4 is 17.3 Å². The number of rotatable bonds is 6. The van der Waals surface area contributed by atoms with Gasteiger partial charge in [-0.3, -0.25) is 0 Å². The summed E-state index contributed by atoms with van der Waals surface area (Å²) in [4.78, 5) is 0. The smallest absolute Gasteiger partial charge is 0.166 e. The van der Waals surface area contributed by atoms with Crippen LogP contribution in [0, 0.1) is 0 Å². The summed E-state index contributed by atoms with van der Waals surface area (Å²) >= 11 is 5.73. The standard InChI is InChI=1S/C30H36N2OS/c1-30(2,3)24-13-10-22(11-14-24)20-31-29(34)32-28-17-12-23-19-25(33-4)15-16-26(23)27(28)18-21-8-6-5-7-9-21/h5-11,13-16,19,27-28H,12,17-18,20H2,1-4H3,(H2,31,32,34). The Balaban J connectivity index is 1.45. The van der Waals surface area contributed by atoms with Gasteiger partial charge in [-0.25, -0.2) is 0 Å². The minimum absolute atomic E-state index is 0.165. The molecule has 0 bridgehead atoms. The van der Waals surface area contributed by atoms with Gasteiger partial charge in [-0.1, -0.05) is 81.4 Å². The Morgan fingerprint density at radius 2 is 1.71 bits per heavy atom. The number of nitrogens with one attached hydrogen (secondary N) is 2. The predicted octanol–water partition coefficient (Wildman–Crippen LogP) is 6.30. The minimum atomic E-state index is 0.165. The van der Waals surface area contributed by atoms with Crippen LogP contribution in [0.5, 0.6) is 5.75 Å². The molecule has 1 aliphatic rings. The van der Waals surface area contributed by atoms with Crippen molar-refractivity contribution in [3.05, 3.63) is 101 Å². The summed E-state index contributed by atoms with van der Waals surface area (Å²) < 4.78 is 5.48. The fourth-order valence-corrected chi connectivity index (χ4v) is 5.06. The average molecular weight is 473 g/mol. The molecule has 2 N–H and O–H groups in total. The molecule has 2 unspecified atom stereocenters. The van der Waals surface area contributed by atoms with E-state index >= 15 is 0 Å². The number of ether oxygens (including phenoxy) is 1. The Morgan fingerprint density at radius 1 is 0.971 bits per heavy atom. The molecule has 2 atom stereocenters. The Morgan fingerprint density at radius 3 is 2.38 bits per heavy atom. The average Bonchev–Trinajstić information content (AvgIpc) is 2.84. The number of fused-ring (bicyclic) bond motifs is 1. The van der Waals surface area contributed by atoms with Gasteiger partial charge in [0, 0.05) is 18.5 Å². The van der Waals surface area contributed by atoms with Crippen LogP contribution in [-0.4, -0.2) is 18.3 Å². The lowest BCUT2D eigenvalue weighted by Gasteiger charge is -2.35. The van der Waals surface area contributed by atoms with Gasteiger partial charge >= 0.3 is 0 Å². The van der Waals surface area contributed by atoms with Gasteiger partial charge in [0.25, 0.3) is 0 Å². The molecule has 178 valence electrons. The van der Waals surface area contributed by atoms with Crippen LogP contribution in [0.1, 0.15) is 60.9 Å². The van der Waals surface area contributed by atoms with E-state index in [1.54, 1.807) is 7.11 Å². The van der Waals surface area contributed by atoms with E-state index in [-0.39, 0.29) is 11.5 Å². The van der Waals surface area contributed by atoms with E-state index in [0.717, 1.165) is 36.7 Å². The molecular weight excluding hydrogens is 436 g/mol. The van der Waals surface area contributed by atoms with Crippen molar-refractivity contribution in [2.24, 2.45) is 0 Å². The molecular formula is C30H36N2OS. The van der Waals surface area contributed by atoms with Crippen molar-refractivity contribution in [3.63, 3.8) is 0 Å². The van der Waals surface area contributed by atoms with Gasteiger partial charge in [0.1, 0.15) is 5.75 Å². The highest BCUT2D eigenvalue weighted by molar-refractivity contribution is 7.80. The first-order chi connectivity index (χ1) is 16.3. The molecule has 0 aliphatic heterocycles. The van der Waals surface area contributed by atoms with Crippen LogP contribution in [-0.2, 0) is 24.8 Å². The monoisotopic (exact) mass is 472 g/mol. The molecule has 4 heteroatoms. The topological polar surface area (TPSA) is 33.3 Å². The Kier molecular flexibility index (Phi) is 7.57. The molecule has 0 amide bonds. The molecule has 0 heterocycles. The van der Waals surface area contributed by atoms with Crippen LogP contribution in [0.15, 0.2) is 72.8 Å². The first-order valence-electron chi connectivity index (χ1n) is 12.2. The SMILES string of the molecule is COc1ccc2c(c1)CCC(NC(=S)NCc1ccc(C(C)(C)C)cc1)C2Cc1ccccc1. The van der Waals surface area contributed by atoms with Crippen LogP contribution in [0.25, 0.3) is 0 Å². The number of hydrogen-bond acceptors (Lipinski definition) is 2. The second-order valence-corrected chi connectivity index (χ2v) is 10.7. The zero-order valence-corrected chi connectivity index (χ0v) is 21.5. The third-order valence-electron chi connectivity index (χ3n) is 6.85. The maximum absolute atomic E-state index is 5.73. The number of hydrogen-bond donors (Lipinski definition) is 2. The van der Waals surface area contributed by atoms with Crippen molar-refractivity contribution in [2.45, 2.75) is 64.0 Å². The van der Waals surface area contributed by atoms with E-state index in [9.17, 15) is 0 Å². The van der Waals surface area contributed by atoms with E-state index in [1.807, 2.05) is 0 Å². The maximum atomic E-state index is 5.73. The highest BCUT2D eigenvalue weighted by Gasteiger charge is 2.30. The van der Waals surface area contributed by atoms with Crippen LogP contribution in [0.4, 0.5) is 0 Å². The van der Waals surface area contributed by atoms with E-state index in [4.69, 9.17) is 17.0 Å². The maximum Gasteiger partial charge on any atom is 0.166 e. The van der Waals surface area contributed by atoms with E-state index < -0.39 is 0 Å². The number of aryl methyl sites for hydroxylation is 1. The summed E-state index contributed by atoms with van der Waals surface area (Å²) in [6.07, 6.45) is 3.04. The Labute approximate surface area is 209 Å². The van der Waals surface area contributed by atoms with Gasteiger partial charge in [-0.05, 0) is 76.8 Å². The second-order valence-electron chi connectivity index (χ2n) is 10.3. The van der Waals surface area contributed by atoms with Crippen molar-refractivity contribution in [1.82, 2.24) is 10.6 Å². The van der Waals surface area contributed by atoms with Crippen LogP contribution < -0.4 is 15.4 Å². The molecule has 0 spiro atoms. The lowest BCUT2D eigenvalue weighted by atomic mass is 9.76. The van der Waals surface area contributed by atoms with Crippen molar-refractivity contribution < 1.29 is 4.74 Å². The summed E-state index contributed by atoms with van der Waals surface area (Å²) in [6.45, 7) is 7.44. The van der Waals surface area contributed by atoms with Gasteiger partial charge in [0.15, 0.2) is 5.11 Å². The summed E-state index contributed by atoms with van der Waals surface area (Å²) in [6, 6.07) is 26.4. The zero-order chi connectivity index (χ0) is 24.1. The van der Waals surface area contributed by atoms with E-state index in [1.165, 1.54) is 27.8 Å². The molecule has 0 aromatic heterocycles. The van der Waals surface area contributed by atoms with Gasteiger partial charge in [0.2, 0.25) is 0 Å². The quantitative estimate of drug-likeness (QED) is 0.413. The molecule has 0 radical (unpaired) electrons. The minimum Gasteiger partial charge on any atom is -0.497 e. The molecule has 3 nitrogen and oxygen atoms in total. The summed E-state index contributed by atoms with van der Waals surface area (Å²) in [5.41, 5.74) is 6.88. The molecule has 3 aromatic carbocycles. The fourth-order valence-electron chi connectivity index (χ4n) is 4.83. The van der Waals surface area contributed by atoms with Crippen LogP contribution >= 0.6 is 12.2 Å². The predicted molar refractivity (Wildman–Crippen MR) is 146 cm³/mol. The lowest BCUT2D eigenvalue weighted by Crippen LogP contribution is -2.46. The molecule has 3 aromatic rings. The molecule has 0 saturated carbocycles. The zero-order valence-electron chi connectivity index (χ0n) is 20.7. The van der Waals surface area contributed by atoms with Crippen molar-refractivity contribution in [1.29, 1.82) is 0 Å². The van der Waals surface area contributed by atoms with Crippen molar-refractivity contribution in [2.75, 3.05) is 7.11 Å². The fraction of sp³-hybridized carbons (Fsp3) is 0.367. The van der Waals surface area contributed by atoms with Crippen molar-refractivity contribution in [3.8, 4) is 5.75 Å². The van der Waals surface area contributed by atoms with Crippen LogP contribution in [0.3, 0.4) is 0 Å². The third kappa shape index (κ3) is 5.98.